The molecule has 3 aromatic heterocycles. The molecule has 8 rings (SSSR count). The summed E-state index contributed by atoms with van der Waals surface area (Å²) >= 11 is 6.79. The molecule has 0 unspecified atom stereocenters. The van der Waals surface area contributed by atoms with Crippen LogP contribution in [-0.4, -0.2) is 36.3 Å². The van der Waals surface area contributed by atoms with E-state index in [-0.39, 0.29) is 22.2 Å². The quantitative estimate of drug-likeness (QED) is 0.244. The van der Waals surface area contributed by atoms with Crippen molar-refractivity contribution in [1.82, 2.24) is 29.8 Å². The summed E-state index contributed by atoms with van der Waals surface area (Å²) in [5.41, 5.74) is 3.62. The highest BCUT2D eigenvalue weighted by atomic mass is 35.5. The maximum atomic E-state index is 13.1. The van der Waals surface area contributed by atoms with Crippen molar-refractivity contribution in [2.45, 2.75) is 51.6 Å². The lowest BCUT2D eigenvalue weighted by atomic mass is 9.50. The zero-order valence-electron chi connectivity index (χ0n) is 24.5. The largest absolute Gasteiger partial charge is 0.382 e. The van der Waals surface area contributed by atoms with Crippen molar-refractivity contribution in [2.24, 2.45) is 18.4 Å². The third kappa shape index (κ3) is 4.59. The summed E-state index contributed by atoms with van der Waals surface area (Å²) in [6.07, 6.45) is 7.25. The van der Waals surface area contributed by atoms with Gasteiger partial charge < -0.3 is 15.2 Å². The number of pyridine rings is 1. The number of halogens is 1. The first-order valence-electron chi connectivity index (χ1n) is 14.5. The molecule has 11 heteroatoms. The molecule has 0 amide bonds. The lowest BCUT2D eigenvalue weighted by molar-refractivity contribution is -0.0989. The minimum Gasteiger partial charge on any atom is -0.382 e. The van der Waals surface area contributed by atoms with Gasteiger partial charge in [-0.05, 0) is 65.8 Å². The molecule has 1 atom stereocenters. The van der Waals surface area contributed by atoms with Crippen LogP contribution >= 0.6 is 11.6 Å². The number of hydrogen-bond acceptors (Lipinski definition) is 8. The summed E-state index contributed by atoms with van der Waals surface area (Å²) in [6.45, 7) is 6.97. The van der Waals surface area contributed by atoms with Crippen LogP contribution in [0.15, 0.2) is 53.6 Å². The van der Waals surface area contributed by atoms with Gasteiger partial charge in [-0.25, -0.2) is 4.68 Å². The molecule has 43 heavy (non-hydrogen) atoms. The van der Waals surface area contributed by atoms with E-state index in [9.17, 15) is 10.1 Å². The number of rotatable bonds is 7. The van der Waals surface area contributed by atoms with Crippen LogP contribution in [0.3, 0.4) is 0 Å². The Morgan fingerprint density at radius 3 is 2.60 bits per heavy atom. The molecule has 3 heterocycles. The lowest BCUT2D eigenvalue weighted by Gasteiger charge is -2.61. The number of nitrogens with one attached hydrogen (secondary N) is 2. The molecule has 2 bridgehead atoms. The van der Waals surface area contributed by atoms with E-state index in [1.807, 2.05) is 41.2 Å². The Morgan fingerprint density at radius 1 is 1.12 bits per heavy atom. The zero-order chi connectivity index (χ0) is 30.1. The minimum atomic E-state index is -0.443. The van der Waals surface area contributed by atoms with Gasteiger partial charge in [0.15, 0.2) is 5.69 Å². The lowest BCUT2D eigenvalue weighted by Crippen LogP contribution is -2.59. The predicted octanol–water partition coefficient (Wildman–Crippen LogP) is 5.77. The van der Waals surface area contributed by atoms with E-state index < -0.39 is 6.04 Å². The highest BCUT2D eigenvalue weighted by Gasteiger charge is 2.59. The Kier molecular flexibility index (Phi) is 6.22. The van der Waals surface area contributed by atoms with Gasteiger partial charge in [0.1, 0.15) is 17.3 Å². The summed E-state index contributed by atoms with van der Waals surface area (Å²) in [6, 6.07) is 13.2. The van der Waals surface area contributed by atoms with Crippen molar-refractivity contribution in [2.75, 3.05) is 17.2 Å². The van der Waals surface area contributed by atoms with Crippen molar-refractivity contribution in [3.8, 4) is 6.07 Å². The number of nitrogens with zero attached hydrogens (tertiary/aromatic N) is 7. The van der Waals surface area contributed by atoms with E-state index >= 15 is 0 Å². The first-order chi connectivity index (χ1) is 20.5. The van der Waals surface area contributed by atoms with Crippen molar-refractivity contribution < 1.29 is 0 Å². The Balaban J connectivity index is 1.37. The van der Waals surface area contributed by atoms with Crippen molar-refractivity contribution >= 4 is 44.7 Å². The van der Waals surface area contributed by atoms with Crippen molar-refractivity contribution in [3.05, 3.63) is 81.1 Å². The molecule has 2 N–H and O–H groups in total. The van der Waals surface area contributed by atoms with Gasteiger partial charge in [0.25, 0.3) is 5.56 Å². The number of benzene rings is 2. The van der Waals surface area contributed by atoms with Crippen LogP contribution < -0.4 is 16.2 Å². The first-order valence-corrected chi connectivity index (χ1v) is 14.8. The average molecular weight is 594 g/mol. The smallest absolute Gasteiger partial charge is 0.258 e. The number of fused-ring (bicyclic) bond motifs is 2. The van der Waals surface area contributed by atoms with Gasteiger partial charge in [0, 0.05) is 36.2 Å². The van der Waals surface area contributed by atoms with E-state index in [4.69, 9.17) is 11.6 Å². The van der Waals surface area contributed by atoms with Crippen LogP contribution in [0.2, 0.25) is 5.02 Å². The molecule has 3 fully saturated rings. The topological polar surface area (TPSA) is 126 Å². The van der Waals surface area contributed by atoms with E-state index in [0.29, 0.717) is 39.2 Å². The van der Waals surface area contributed by atoms with Crippen LogP contribution in [-0.2, 0) is 12.6 Å². The Hall–Kier alpha value is -4.49. The number of aromatic nitrogens is 6. The molecule has 0 saturated heterocycles. The van der Waals surface area contributed by atoms with E-state index in [0.717, 1.165) is 41.8 Å². The van der Waals surface area contributed by atoms with E-state index in [1.54, 1.807) is 23.9 Å². The molecule has 0 radical (unpaired) electrons. The number of hydrogen-bond donors (Lipinski definition) is 2. The van der Waals surface area contributed by atoms with Crippen LogP contribution in [0.4, 0.5) is 11.4 Å². The molecule has 3 saturated carbocycles. The Morgan fingerprint density at radius 2 is 1.91 bits per heavy atom. The SMILES string of the molecule is Cn1ccc2c([C@H](Nc3cc(Cl)c4nnc(C#N)c(NCC(C)(C)C)c4c3)c3cn(C45CC(C4)C5)nn3)cccc2c1=O. The van der Waals surface area contributed by atoms with Gasteiger partial charge in [-0.1, -0.05) is 49.7 Å². The normalized spacial score (nSPS) is 19.9. The highest BCUT2D eigenvalue weighted by molar-refractivity contribution is 6.35. The van der Waals surface area contributed by atoms with Gasteiger partial charge in [-0.2, -0.15) is 5.26 Å². The summed E-state index contributed by atoms with van der Waals surface area (Å²) < 4.78 is 3.61. The predicted molar refractivity (Wildman–Crippen MR) is 167 cm³/mol. The monoisotopic (exact) mass is 593 g/mol. The first kappa shape index (κ1) is 27.3. The van der Waals surface area contributed by atoms with Gasteiger partial charge in [-0.3, -0.25) is 4.79 Å². The van der Waals surface area contributed by atoms with Gasteiger partial charge in [0.2, 0.25) is 0 Å². The summed E-state index contributed by atoms with van der Waals surface area (Å²) in [5, 5.41) is 37.1. The molecule has 2 aromatic carbocycles. The fourth-order valence-corrected chi connectivity index (χ4v) is 6.60. The molecule has 0 spiro atoms. The molecule has 218 valence electrons. The van der Waals surface area contributed by atoms with Crippen LogP contribution in [0.25, 0.3) is 21.7 Å². The molecule has 0 aliphatic heterocycles. The third-order valence-corrected chi connectivity index (χ3v) is 9.09. The number of nitriles is 1. The van der Waals surface area contributed by atoms with Gasteiger partial charge >= 0.3 is 0 Å². The second-order valence-corrected chi connectivity index (χ2v) is 13.6. The molecule has 3 aliphatic carbocycles. The third-order valence-electron chi connectivity index (χ3n) is 8.80. The second-order valence-electron chi connectivity index (χ2n) is 13.2. The van der Waals surface area contributed by atoms with Gasteiger partial charge in [0.05, 0.1) is 28.5 Å². The average Bonchev–Trinajstić information content (AvgIpc) is 3.39. The summed E-state index contributed by atoms with van der Waals surface area (Å²) in [4.78, 5) is 13.1. The maximum absolute atomic E-state index is 13.1. The minimum absolute atomic E-state index is 0.0370. The molecular weight excluding hydrogens is 562 g/mol. The summed E-state index contributed by atoms with van der Waals surface area (Å²) in [5.74, 6) is 0.804. The van der Waals surface area contributed by atoms with Crippen molar-refractivity contribution in [1.29, 1.82) is 5.26 Å². The van der Waals surface area contributed by atoms with Crippen molar-refractivity contribution in [3.63, 3.8) is 0 Å². The molecular formula is C32H32ClN9O. The van der Waals surface area contributed by atoms with E-state index in [1.165, 1.54) is 0 Å². The zero-order valence-corrected chi connectivity index (χ0v) is 25.3. The maximum Gasteiger partial charge on any atom is 0.258 e. The number of aryl methyl sites for hydroxylation is 1. The van der Waals surface area contributed by atoms with Crippen LogP contribution in [0, 0.1) is 22.7 Å². The number of anilines is 2. The molecule has 5 aromatic rings. The molecule has 3 aliphatic rings. The Labute approximate surface area is 253 Å². The second kappa shape index (κ2) is 9.78. The highest BCUT2D eigenvalue weighted by Crippen LogP contribution is 2.62. The molecule has 10 nitrogen and oxygen atoms in total. The standard InChI is InChI=1S/C32H32ClN9O/c1-31(2,3)17-35-28-23-10-19(11-24(33)27(23)39-37-25(28)15-34)36-29(26-16-42(40-38-26)32-12-18(13-32)14-32)21-6-5-7-22-20(21)8-9-41(4)30(22)43/h5-11,16,18,29,36H,12-14,17H2,1-4H3,(H,35,39)/t18?,29-,32?/m0/s1. The Bertz CT molecular complexity index is 2000. The summed E-state index contributed by atoms with van der Waals surface area (Å²) in [7, 11) is 1.75. The van der Waals surface area contributed by atoms with Crippen LogP contribution in [0.5, 0.6) is 0 Å². The van der Waals surface area contributed by atoms with Crippen LogP contribution in [0.1, 0.15) is 63.0 Å². The fraction of sp³-hybridized carbons (Fsp3) is 0.375. The van der Waals surface area contributed by atoms with Gasteiger partial charge in [-0.15, -0.1) is 15.3 Å². The van der Waals surface area contributed by atoms with E-state index in [2.05, 4.69) is 58.0 Å². The fourth-order valence-electron chi connectivity index (χ4n) is 6.35.